The van der Waals surface area contributed by atoms with Crippen molar-refractivity contribution in [3.05, 3.63) is 71.9 Å². The number of aromatic hydroxyl groups is 1. The maximum atomic E-state index is 13.3. The van der Waals surface area contributed by atoms with Crippen LogP contribution in [0, 0.1) is 0 Å². The van der Waals surface area contributed by atoms with Crippen molar-refractivity contribution in [1.82, 2.24) is 4.98 Å². The van der Waals surface area contributed by atoms with Crippen LogP contribution >= 0.6 is 11.6 Å². The van der Waals surface area contributed by atoms with Gasteiger partial charge in [0.05, 0.1) is 5.69 Å². The van der Waals surface area contributed by atoms with E-state index < -0.39 is 0 Å². The SMILES string of the molecule is O=C(c1cc2ccccc2[nH]1)N1CC(CCl)c2c1cc(O)c1ccccc21. The molecule has 0 saturated heterocycles. The third-order valence-electron chi connectivity index (χ3n) is 5.34. The largest absolute Gasteiger partial charge is 0.507 e. The molecule has 27 heavy (non-hydrogen) atoms. The van der Waals surface area contributed by atoms with Crippen LogP contribution in [-0.2, 0) is 0 Å². The molecule has 4 nitrogen and oxygen atoms in total. The van der Waals surface area contributed by atoms with Gasteiger partial charge in [0.25, 0.3) is 5.91 Å². The minimum Gasteiger partial charge on any atom is -0.507 e. The van der Waals surface area contributed by atoms with E-state index >= 15 is 0 Å². The number of anilines is 1. The summed E-state index contributed by atoms with van der Waals surface area (Å²) in [6.45, 7) is 0.500. The lowest BCUT2D eigenvalue weighted by atomic mass is 9.95. The molecule has 0 radical (unpaired) electrons. The quantitative estimate of drug-likeness (QED) is 0.483. The van der Waals surface area contributed by atoms with Gasteiger partial charge in [-0.2, -0.15) is 0 Å². The Kier molecular flexibility index (Phi) is 3.62. The van der Waals surface area contributed by atoms with Crippen molar-refractivity contribution in [2.24, 2.45) is 0 Å². The van der Waals surface area contributed by atoms with Crippen LogP contribution in [-0.4, -0.2) is 28.4 Å². The van der Waals surface area contributed by atoms with Gasteiger partial charge in [-0.05, 0) is 23.1 Å². The number of aromatic amines is 1. The Morgan fingerprint density at radius 2 is 1.85 bits per heavy atom. The molecule has 2 N–H and O–H groups in total. The predicted octanol–water partition coefficient (Wildman–Crippen LogP) is 5.01. The maximum absolute atomic E-state index is 13.3. The second kappa shape index (κ2) is 6.03. The first-order valence-electron chi connectivity index (χ1n) is 8.87. The molecule has 134 valence electrons. The van der Waals surface area contributed by atoms with Gasteiger partial charge in [-0.25, -0.2) is 0 Å². The second-order valence-corrected chi connectivity index (χ2v) is 7.22. The first-order chi connectivity index (χ1) is 13.2. The number of H-pyrrole nitrogens is 1. The predicted molar refractivity (Wildman–Crippen MR) is 109 cm³/mol. The third-order valence-corrected chi connectivity index (χ3v) is 5.71. The zero-order valence-corrected chi connectivity index (χ0v) is 15.2. The summed E-state index contributed by atoms with van der Waals surface area (Å²) < 4.78 is 0. The molecule has 0 aliphatic carbocycles. The third kappa shape index (κ3) is 2.41. The van der Waals surface area contributed by atoms with Crippen molar-refractivity contribution in [2.45, 2.75) is 5.92 Å². The Bertz CT molecular complexity index is 1160. The Hall–Kier alpha value is -2.98. The Morgan fingerprint density at radius 1 is 1.11 bits per heavy atom. The van der Waals surface area contributed by atoms with Gasteiger partial charge >= 0.3 is 0 Å². The summed E-state index contributed by atoms with van der Waals surface area (Å²) in [6, 6.07) is 19.1. The van der Waals surface area contributed by atoms with E-state index in [1.54, 1.807) is 11.0 Å². The van der Waals surface area contributed by atoms with E-state index in [1.807, 2.05) is 54.6 Å². The maximum Gasteiger partial charge on any atom is 0.274 e. The van der Waals surface area contributed by atoms with E-state index in [1.165, 1.54) is 0 Å². The number of para-hydroxylation sites is 1. The van der Waals surface area contributed by atoms with Crippen LogP contribution in [0.15, 0.2) is 60.7 Å². The van der Waals surface area contributed by atoms with Gasteiger partial charge in [0.15, 0.2) is 0 Å². The first kappa shape index (κ1) is 16.2. The van der Waals surface area contributed by atoms with Gasteiger partial charge in [0, 0.05) is 40.7 Å². The summed E-state index contributed by atoms with van der Waals surface area (Å²) in [4.78, 5) is 18.2. The summed E-state index contributed by atoms with van der Waals surface area (Å²) in [5.41, 5.74) is 3.23. The second-order valence-electron chi connectivity index (χ2n) is 6.91. The molecule has 0 saturated carbocycles. The number of phenols is 1. The summed E-state index contributed by atoms with van der Waals surface area (Å²) in [5, 5.41) is 13.2. The van der Waals surface area contributed by atoms with Crippen LogP contribution in [0.4, 0.5) is 5.69 Å². The molecule has 4 aromatic rings. The molecule has 5 heteroatoms. The fourth-order valence-corrected chi connectivity index (χ4v) is 4.33. The number of carbonyl (C=O) groups excluding carboxylic acids is 1. The summed E-state index contributed by atoms with van der Waals surface area (Å²) in [6.07, 6.45) is 0. The van der Waals surface area contributed by atoms with Gasteiger partial charge in [-0.3, -0.25) is 4.79 Å². The van der Waals surface area contributed by atoms with Gasteiger partial charge in [-0.1, -0.05) is 42.5 Å². The number of fused-ring (bicyclic) bond motifs is 4. The topological polar surface area (TPSA) is 56.3 Å². The highest BCUT2D eigenvalue weighted by atomic mass is 35.5. The monoisotopic (exact) mass is 376 g/mol. The number of halogens is 1. The summed E-state index contributed by atoms with van der Waals surface area (Å²) >= 11 is 6.25. The normalized spacial score (nSPS) is 16.2. The number of benzene rings is 3. The number of nitrogens with zero attached hydrogens (tertiary/aromatic N) is 1. The van der Waals surface area contributed by atoms with E-state index in [0.29, 0.717) is 18.1 Å². The summed E-state index contributed by atoms with van der Waals surface area (Å²) in [5.74, 6) is 0.502. The van der Waals surface area contributed by atoms with Gasteiger partial charge in [0.2, 0.25) is 0 Å². The highest BCUT2D eigenvalue weighted by Crippen LogP contribution is 2.45. The van der Waals surface area contributed by atoms with Gasteiger partial charge in [-0.15, -0.1) is 11.6 Å². The van der Waals surface area contributed by atoms with Crippen molar-refractivity contribution >= 4 is 44.9 Å². The molecule has 1 aromatic heterocycles. The average molecular weight is 377 g/mol. The minimum atomic E-state index is -0.116. The van der Waals surface area contributed by atoms with Crippen LogP contribution < -0.4 is 4.90 Å². The number of nitrogens with one attached hydrogen (secondary N) is 1. The number of phenolic OH excluding ortho intramolecular Hbond substituents is 1. The highest BCUT2D eigenvalue weighted by Gasteiger charge is 2.35. The molecule has 1 amide bonds. The number of amides is 1. The fourth-order valence-electron chi connectivity index (χ4n) is 4.08. The minimum absolute atomic E-state index is 0.0282. The van der Waals surface area contributed by atoms with Crippen LogP contribution in [0.5, 0.6) is 5.75 Å². The standard InChI is InChI=1S/C22H17ClN2O2/c23-11-14-12-25(22(27)18-9-13-5-1-4-8-17(13)24-18)19-10-20(26)15-6-2-3-7-16(15)21(14)19/h1-10,14,24,26H,11-12H2. The number of carbonyl (C=O) groups is 1. The van der Waals surface area contributed by atoms with E-state index in [0.717, 1.165) is 32.9 Å². The van der Waals surface area contributed by atoms with Gasteiger partial charge < -0.3 is 15.0 Å². The zero-order chi connectivity index (χ0) is 18.5. The average Bonchev–Trinajstić information content (AvgIpc) is 3.29. The highest BCUT2D eigenvalue weighted by molar-refractivity contribution is 6.19. The number of hydrogen-bond donors (Lipinski definition) is 2. The van der Waals surface area contributed by atoms with E-state index in [2.05, 4.69) is 4.98 Å². The molecule has 1 unspecified atom stereocenters. The van der Waals surface area contributed by atoms with Crippen molar-refractivity contribution in [1.29, 1.82) is 0 Å². The Labute approximate surface area is 161 Å². The van der Waals surface area contributed by atoms with Crippen molar-refractivity contribution < 1.29 is 9.90 Å². The Morgan fingerprint density at radius 3 is 2.63 bits per heavy atom. The molecule has 0 spiro atoms. The van der Waals surface area contributed by atoms with Crippen molar-refractivity contribution in [2.75, 3.05) is 17.3 Å². The van der Waals surface area contributed by atoms with Crippen LogP contribution in [0.2, 0.25) is 0 Å². The fraction of sp³-hybridized carbons (Fsp3) is 0.136. The number of alkyl halides is 1. The van der Waals surface area contributed by atoms with E-state index in [-0.39, 0.29) is 17.6 Å². The molecule has 3 aromatic carbocycles. The molecule has 2 heterocycles. The van der Waals surface area contributed by atoms with Crippen LogP contribution in [0.1, 0.15) is 22.0 Å². The number of aromatic nitrogens is 1. The molecule has 0 bridgehead atoms. The molecular weight excluding hydrogens is 360 g/mol. The Balaban J connectivity index is 1.66. The van der Waals surface area contributed by atoms with Gasteiger partial charge in [0.1, 0.15) is 11.4 Å². The number of rotatable bonds is 2. The lowest BCUT2D eigenvalue weighted by Crippen LogP contribution is -2.30. The summed E-state index contributed by atoms with van der Waals surface area (Å²) in [7, 11) is 0. The van der Waals surface area contributed by atoms with Crippen LogP contribution in [0.25, 0.3) is 21.7 Å². The lowest BCUT2D eigenvalue weighted by molar-refractivity contribution is 0.0984. The molecule has 5 rings (SSSR count). The smallest absolute Gasteiger partial charge is 0.274 e. The van der Waals surface area contributed by atoms with E-state index in [4.69, 9.17) is 11.6 Å². The molecule has 1 aliphatic rings. The van der Waals surface area contributed by atoms with Crippen LogP contribution in [0.3, 0.4) is 0 Å². The van der Waals surface area contributed by atoms with E-state index in [9.17, 15) is 9.90 Å². The molecule has 1 aliphatic heterocycles. The number of hydrogen-bond acceptors (Lipinski definition) is 2. The first-order valence-corrected chi connectivity index (χ1v) is 9.41. The van der Waals surface area contributed by atoms with Crippen molar-refractivity contribution in [3.8, 4) is 5.75 Å². The molecular formula is C22H17ClN2O2. The zero-order valence-electron chi connectivity index (χ0n) is 14.4. The molecule has 0 fully saturated rings. The van der Waals surface area contributed by atoms with Crippen molar-refractivity contribution in [3.63, 3.8) is 0 Å². The molecule has 1 atom stereocenters. The lowest BCUT2D eigenvalue weighted by Gasteiger charge is -2.17.